The molecule has 0 fully saturated rings. The summed E-state index contributed by atoms with van der Waals surface area (Å²) in [5.74, 6) is -0.322. The molecular weight excluding hydrogens is 219 g/mol. The summed E-state index contributed by atoms with van der Waals surface area (Å²) in [4.78, 5) is 10.9. The van der Waals surface area contributed by atoms with E-state index in [1.54, 1.807) is 0 Å². The Morgan fingerprint density at radius 2 is 1.94 bits per heavy atom. The fourth-order valence-electron chi connectivity index (χ4n) is 1.36. The first-order valence-corrected chi connectivity index (χ1v) is 4.73. The van der Waals surface area contributed by atoms with Crippen LogP contribution >= 0.6 is 0 Å². The summed E-state index contributed by atoms with van der Waals surface area (Å²) in [5, 5.41) is 0. The van der Waals surface area contributed by atoms with Crippen LogP contribution in [-0.2, 0) is 17.4 Å². The second-order valence-electron chi connectivity index (χ2n) is 3.58. The van der Waals surface area contributed by atoms with E-state index in [2.05, 4.69) is 0 Å². The number of carbonyl (C=O) groups excluding carboxylic acids is 1. The Hall–Kier alpha value is -1.36. The maximum Gasteiger partial charge on any atom is 0.416 e. The van der Waals surface area contributed by atoms with Crippen molar-refractivity contribution in [1.29, 1.82) is 0 Å². The van der Waals surface area contributed by atoms with Gasteiger partial charge >= 0.3 is 6.18 Å². The number of halogens is 3. The van der Waals surface area contributed by atoms with E-state index in [1.165, 1.54) is 25.1 Å². The van der Waals surface area contributed by atoms with Crippen molar-refractivity contribution in [1.82, 2.24) is 0 Å². The Bertz CT molecular complexity index is 387. The Balaban J connectivity index is 3.01. The number of Topliss-reactive ketones (excluding diaryl/α,β-unsaturated/α-hetero) is 1. The fraction of sp³-hybridized carbons (Fsp3) is 0.364. The fourth-order valence-corrected chi connectivity index (χ4v) is 1.36. The van der Waals surface area contributed by atoms with Crippen molar-refractivity contribution in [2.75, 3.05) is 0 Å². The normalized spacial score (nSPS) is 13.6. The van der Waals surface area contributed by atoms with Crippen molar-refractivity contribution in [3.63, 3.8) is 0 Å². The van der Waals surface area contributed by atoms with Gasteiger partial charge in [0.2, 0.25) is 0 Å². The SMILES string of the molecule is CC(=O)[C@@H](N)Cc1ccccc1C(F)(F)F. The van der Waals surface area contributed by atoms with Crippen LogP contribution in [0.25, 0.3) is 0 Å². The third-order valence-corrected chi connectivity index (χ3v) is 2.28. The van der Waals surface area contributed by atoms with Gasteiger partial charge in [0.1, 0.15) is 5.78 Å². The van der Waals surface area contributed by atoms with Crippen molar-refractivity contribution >= 4 is 5.78 Å². The number of alkyl halides is 3. The first-order valence-electron chi connectivity index (χ1n) is 4.73. The molecule has 0 amide bonds. The van der Waals surface area contributed by atoms with Crippen LogP contribution in [0.1, 0.15) is 18.1 Å². The van der Waals surface area contributed by atoms with E-state index in [0.717, 1.165) is 6.07 Å². The minimum atomic E-state index is -4.41. The smallest absolute Gasteiger partial charge is 0.321 e. The first-order chi connectivity index (χ1) is 7.32. The Morgan fingerprint density at radius 3 is 2.44 bits per heavy atom. The van der Waals surface area contributed by atoms with Crippen molar-refractivity contribution in [2.45, 2.75) is 25.6 Å². The second kappa shape index (κ2) is 4.65. The number of ketones is 1. The van der Waals surface area contributed by atoms with E-state index in [1.807, 2.05) is 0 Å². The highest BCUT2D eigenvalue weighted by atomic mass is 19.4. The number of rotatable bonds is 3. The molecule has 16 heavy (non-hydrogen) atoms. The highest BCUT2D eigenvalue weighted by Gasteiger charge is 2.33. The molecule has 5 heteroatoms. The summed E-state index contributed by atoms with van der Waals surface area (Å²) in [6, 6.07) is 4.25. The van der Waals surface area contributed by atoms with Gasteiger partial charge in [0.15, 0.2) is 0 Å². The van der Waals surface area contributed by atoms with E-state index in [4.69, 9.17) is 5.73 Å². The van der Waals surface area contributed by atoms with E-state index in [0.29, 0.717) is 0 Å². The molecule has 0 saturated heterocycles. The average Bonchev–Trinajstić information content (AvgIpc) is 2.16. The van der Waals surface area contributed by atoms with Gasteiger partial charge in [-0.05, 0) is 25.0 Å². The molecule has 0 aromatic heterocycles. The van der Waals surface area contributed by atoms with E-state index in [9.17, 15) is 18.0 Å². The quantitative estimate of drug-likeness (QED) is 0.866. The van der Waals surface area contributed by atoms with Gasteiger partial charge in [-0.25, -0.2) is 0 Å². The van der Waals surface area contributed by atoms with Gasteiger partial charge in [0.05, 0.1) is 11.6 Å². The van der Waals surface area contributed by atoms with Crippen LogP contribution in [0.15, 0.2) is 24.3 Å². The summed E-state index contributed by atoms with van der Waals surface area (Å²) in [7, 11) is 0. The lowest BCUT2D eigenvalue weighted by atomic mass is 9.98. The molecule has 0 bridgehead atoms. The molecule has 0 spiro atoms. The molecule has 1 rings (SSSR count). The third kappa shape index (κ3) is 3.06. The summed E-state index contributed by atoms with van der Waals surface area (Å²) in [6.07, 6.45) is -4.50. The largest absolute Gasteiger partial charge is 0.416 e. The number of hydrogen-bond acceptors (Lipinski definition) is 2. The predicted octanol–water partition coefficient (Wildman–Crippen LogP) is 2.16. The Kier molecular flexibility index (Phi) is 3.70. The summed E-state index contributed by atoms with van der Waals surface area (Å²) in [5.41, 5.74) is 4.77. The molecule has 1 aromatic rings. The van der Waals surface area contributed by atoms with E-state index < -0.39 is 17.8 Å². The number of benzene rings is 1. The lowest BCUT2D eigenvalue weighted by Gasteiger charge is -2.14. The summed E-state index contributed by atoms with van der Waals surface area (Å²) < 4.78 is 37.7. The molecule has 0 radical (unpaired) electrons. The highest BCUT2D eigenvalue weighted by molar-refractivity contribution is 5.81. The molecule has 0 aliphatic rings. The van der Waals surface area contributed by atoms with Crippen LogP contribution in [0.3, 0.4) is 0 Å². The average molecular weight is 231 g/mol. The van der Waals surface area contributed by atoms with Gasteiger partial charge in [-0.15, -0.1) is 0 Å². The molecule has 0 aliphatic carbocycles. The lowest BCUT2D eigenvalue weighted by molar-refractivity contribution is -0.138. The van der Waals surface area contributed by atoms with Crippen molar-refractivity contribution < 1.29 is 18.0 Å². The summed E-state index contributed by atoms with van der Waals surface area (Å²) >= 11 is 0. The molecular formula is C11H12F3NO. The summed E-state index contributed by atoms with van der Waals surface area (Å²) in [6.45, 7) is 1.26. The number of carbonyl (C=O) groups is 1. The lowest BCUT2D eigenvalue weighted by Crippen LogP contribution is -2.31. The van der Waals surface area contributed by atoms with Gasteiger partial charge < -0.3 is 5.73 Å². The van der Waals surface area contributed by atoms with Crippen LogP contribution in [0, 0.1) is 0 Å². The van der Waals surface area contributed by atoms with Crippen molar-refractivity contribution in [3.8, 4) is 0 Å². The highest BCUT2D eigenvalue weighted by Crippen LogP contribution is 2.32. The molecule has 1 aromatic carbocycles. The van der Waals surface area contributed by atoms with Crippen LogP contribution in [-0.4, -0.2) is 11.8 Å². The molecule has 0 saturated carbocycles. The Labute approximate surface area is 91.3 Å². The minimum Gasteiger partial charge on any atom is -0.321 e. The Morgan fingerprint density at radius 1 is 1.38 bits per heavy atom. The molecule has 0 unspecified atom stereocenters. The maximum absolute atomic E-state index is 12.6. The van der Waals surface area contributed by atoms with Gasteiger partial charge in [0.25, 0.3) is 0 Å². The molecule has 2 N–H and O–H groups in total. The molecule has 2 nitrogen and oxygen atoms in total. The molecule has 1 atom stereocenters. The van der Waals surface area contributed by atoms with Gasteiger partial charge in [-0.3, -0.25) is 4.79 Å². The maximum atomic E-state index is 12.6. The number of nitrogens with two attached hydrogens (primary N) is 1. The van der Waals surface area contributed by atoms with Crippen LogP contribution in [0.2, 0.25) is 0 Å². The van der Waals surface area contributed by atoms with E-state index >= 15 is 0 Å². The molecule has 88 valence electrons. The zero-order chi connectivity index (χ0) is 12.3. The van der Waals surface area contributed by atoms with Gasteiger partial charge in [0, 0.05) is 0 Å². The van der Waals surface area contributed by atoms with Gasteiger partial charge in [-0.1, -0.05) is 18.2 Å². The zero-order valence-corrected chi connectivity index (χ0v) is 8.71. The molecule has 0 heterocycles. The standard InChI is InChI=1S/C11H12F3NO/c1-7(16)10(15)6-8-4-2-3-5-9(8)11(12,13)14/h2-5,10H,6,15H2,1H3/t10-/m0/s1. The van der Waals surface area contributed by atoms with Crippen molar-refractivity contribution in [2.24, 2.45) is 5.73 Å². The van der Waals surface area contributed by atoms with Gasteiger partial charge in [-0.2, -0.15) is 13.2 Å². The van der Waals surface area contributed by atoms with E-state index in [-0.39, 0.29) is 17.8 Å². The predicted molar refractivity (Wildman–Crippen MR) is 53.8 cm³/mol. The van der Waals surface area contributed by atoms with Crippen molar-refractivity contribution in [3.05, 3.63) is 35.4 Å². The minimum absolute atomic E-state index is 0.0534. The van der Waals surface area contributed by atoms with Crippen LogP contribution in [0.4, 0.5) is 13.2 Å². The topological polar surface area (TPSA) is 43.1 Å². The number of hydrogen-bond donors (Lipinski definition) is 1. The van der Waals surface area contributed by atoms with Crippen LogP contribution in [0.5, 0.6) is 0 Å². The molecule has 0 aliphatic heterocycles. The zero-order valence-electron chi connectivity index (χ0n) is 8.71. The third-order valence-electron chi connectivity index (χ3n) is 2.28. The second-order valence-corrected chi connectivity index (χ2v) is 3.58. The monoisotopic (exact) mass is 231 g/mol. The first kappa shape index (κ1) is 12.7. The van der Waals surface area contributed by atoms with Crippen LogP contribution < -0.4 is 5.73 Å².